The summed E-state index contributed by atoms with van der Waals surface area (Å²) in [5, 5.41) is 0. The zero-order valence-corrected chi connectivity index (χ0v) is 10.3. The maximum Gasteiger partial charge on any atom is 0.170 e. The van der Waals surface area contributed by atoms with Gasteiger partial charge >= 0.3 is 0 Å². The molecule has 2 rings (SSSR count). The fraction of sp³-hybridized carbons (Fsp3) is 0.417. The van der Waals surface area contributed by atoms with Gasteiger partial charge < -0.3 is 4.74 Å². The average Bonchev–Trinajstić information content (AvgIpc) is 2.30. The summed E-state index contributed by atoms with van der Waals surface area (Å²) >= 11 is 3.22. The summed E-state index contributed by atoms with van der Waals surface area (Å²) in [5.74, 6) is -0.680. The Kier molecular flexibility index (Phi) is 3.71. The van der Waals surface area contributed by atoms with Crippen molar-refractivity contribution >= 4 is 21.7 Å². The fourth-order valence-corrected chi connectivity index (χ4v) is 2.43. The van der Waals surface area contributed by atoms with Crippen LogP contribution in [0.15, 0.2) is 22.7 Å². The molecule has 0 saturated carbocycles. The van der Waals surface area contributed by atoms with Crippen LogP contribution in [0.1, 0.15) is 23.2 Å². The number of hydrogen-bond donors (Lipinski definition) is 0. The van der Waals surface area contributed by atoms with Crippen LogP contribution in [0.2, 0.25) is 0 Å². The minimum Gasteiger partial charge on any atom is -0.381 e. The minimum absolute atomic E-state index is 0.109. The SMILES string of the molecule is O=C(c1c(F)cccc1Br)C1CCOCC1. The van der Waals surface area contributed by atoms with Gasteiger partial charge in [-0.05, 0) is 40.9 Å². The van der Waals surface area contributed by atoms with E-state index >= 15 is 0 Å². The highest BCUT2D eigenvalue weighted by atomic mass is 79.9. The normalized spacial score (nSPS) is 17.4. The standard InChI is InChI=1S/C12H12BrFO2/c13-9-2-1-3-10(14)11(9)12(15)8-4-6-16-7-5-8/h1-3,8H,4-7H2. The molecule has 1 saturated heterocycles. The van der Waals surface area contributed by atoms with Gasteiger partial charge in [0.2, 0.25) is 0 Å². The largest absolute Gasteiger partial charge is 0.381 e. The van der Waals surface area contributed by atoms with Crippen molar-refractivity contribution in [1.29, 1.82) is 0 Å². The number of rotatable bonds is 2. The molecule has 2 nitrogen and oxygen atoms in total. The van der Waals surface area contributed by atoms with Crippen molar-refractivity contribution in [2.45, 2.75) is 12.8 Å². The predicted molar refractivity (Wildman–Crippen MR) is 62.0 cm³/mol. The van der Waals surface area contributed by atoms with Crippen LogP contribution in [0.4, 0.5) is 4.39 Å². The molecule has 1 aliphatic heterocycles. The summed E-state index contributed by atoms with van der Waals surface area (Å²) in [4.78, 5) is 12.1. The first kappa shape index (κ1) is 11.7. The van der Waals surface area contributed by atoms with Crippen LogP contribution in [0.25, 0.3) is 0 Å². The summed E-state index contributed by atoms with van der Waals surface area (Å²) in [7, 11) is 0. The number of Topliss-reactive ketones (excluding diaryl/α,β-unsaturated/α-hetero) is 1. The smallest absolute Gasteiger partial charge is 0.170 e. The first-order valence-corrected chi connectivity index (χ1v) is 6.05. The lowest BCUT2D eigenvalue weighted by Gasteiger charge is -2.21. The maximum absolute atomic E-state index is 13.6. The number of ketones is 1. The van der Waals surface area contributed by atoms with Crippen LogP contribution in [0.5, 0.6) is 0 Å². The number of carbonyl (C=O) groups excluding carboxylic acids is 1. The third-order valence-electron chi connectivity index (χ3n) is 2.80. The van der Waals surface area contributed by atoms with Gasteiger partial charge in [-0.1, -0.05) is 6.07 Å². The van der Waals surface area contributed by atoms with E-state index in [9.17, 15) is 9.18 Å². The lowest BCUT2D eigenvalue weighted by atomic mass is 9.91. The van der Waals surface area contributed by atoms with Crippen LogP contribution < -0.4 is 0 Å². The Balaban J connectivity index is 2.26. The van der Waals surface area contributed by atoms with Crippen LogP contribution in [0, 0.1) is 11.7 Å². The van der Waals surface area contributed by atoms with Crippen LogP contribution in [-0.4, -0.2) is 19.0 Å². The molecule has 0 amide bonds. The van der Waals surface area contributed by atoms with E-state index in [0.29, 0.717) is 30.5 Å². The molecule has 0 N–H and O–H groups in total. The molecule has 0 bridgehead atoms. The van der Waals surface area contributed by atoms with Crippen molar-refractivity contribution in [3.63, 3.8) is 0 Å². The highest BCUT2D eigenvalue weighted by Crippen LogP contribution is 2.26. The first-order valence-electron chi connectivity index (χ1n) is 5.26. The van der Waals surface area contributed by atoms with E-state index in [0.717, 1.165) is 0 Å². The monoisotopic (exact) mass is 286 g/mol. The minimum atomic E-state index is -0.453. The second-order valence-corrected chi connectivity index (χ2v) is 4.70. The van der Waals surface area contributed by atoms with E-state index in [1.807, 2.05) is 0 Å². The molecule has 1 fully saturated rings. The highest BCUT2D eigenvalue weighted by molar-refractivity contribution is 9.10. The van der Waals surface area contributed by atoms with E-state index in [1.165, 1.54) is 6.07 Å². The van der Waals surface area contributed by atoms with Crippen LogP contribution >= 0.6 is 15.9 Å². The van der Waals surface area contributed by atoms with Gasteiger partial charge in [0, 0.05) is 23.6 Å². The number of ether oxygens (including phenoxy) is 1. The molecule has 0 aliphatic carbocycles. The average molecular weight is 287 g/mol. The van der Waals surface area contributed by atoms with E-state index in [2.05, 4.69) is 15.9 Å². The Morgan fingerprint density at radius 1 is 1.38 bits per heavy atom. The summed E-state index contributed by atoms with van der Waals surface area (Å²) in [6, 6.07) is 4.59. The van der Waals surface area contributed by atoms with E-state index in [4.69, 9.17) is 4.74 Å². The molecule has 1 aliphatic rings. The quantitative estimate of drug-likeness (QED) is 0.781. The Labute approximate surface area is 102 Å². The van der Waals surface area contributed by atoms with Crippen molar-refractivity contribution in [2.24, 2.45) is 5.92 Å². The third-order valence-corrected chi connectivity index (χ3v) is 3.46. The number of carbonyl (C=O) groups is 1. The number of hydrogen-bond acceptors (Lipinski definition) is 2. The molecule has 0 aromatic heterocycles. The molecule has 1 heterocycles. The van der Waals surface area contributed by atoms with E-state index in [-0.39, 0.29) is 17.3 Å². The molecule has 86 valence electrons. The third kappa shape index (κ3) is 2.33. The molecular weight excluding hydrogens is 275 g/mol. The lowest BCUT2D eigenvalue weighted by molar-refractivity contribution is 0.0541. The number of halogens is 2. The molecule has 0 radical (unpaired) electrons. The Morgan fingerprint density at radius 3 is 2.69 bits per heavy atom. The molecule has 0 atom stereocenters. The van der Waals surface area contributed by atoms with Gasteiger partial charge in [-0.2, -0.15) is 0 Å². The summed E-state index contributed by atoms with van der Waals surface area (Å²) in [5.41, 5.74) is 0.175. The van der Waals surface area contributed by atoms with Crippen molar-refractivity contribution in [2.75, 3.05) is 13.2 Å². The van der Waals surface area contributed by atoms with Crippen molar-refractivity contribution < 1.29 is 13.9 Å². The van der Waals surface area contributed by atoms with Gasteiger partial charge in [0.05, 0.1) is 5.56 Å². The van der Waals surface area contributed by atoms with Gasteiger partial charge in [-0.3, -0.25) is 4.79 Å². The fourth-order valence-electron chi connectivity index (χ4n) is 1.90. The Morgan fingerprint density at radius 2 is 2.06 bits per heavy atom. The number of benzene rings is 1. The van der Waals surface area contributed by atoms with Crippen molar-refractivity contribution in [1.82, 2.24) is 0 Å². The first-order chi connectivity index (χ1) is 7.70. The van der Waals surface area contributed by atoms with E-state index < -0.39 is 5.82 Å². The molecule has 4 heteroatoms. The van der Waals surface area contributed by atoms with Gasteiger partial charge in [-0.25, -0.2) is 4.39 Å². The van der Waals surface area contributed by atoms with Crippen molar-refractivity contribution in [3.8, 4) is 0 Å². The molecule has 1 aromatic carbocycles. The van der Waals surface area contributed by atoms with Gasteiger partial charge in [0.25, 0.3) is 0 Å². The topological polar surface area (TPSA) is 26.3 Å². The summed E-state index contributed by atoms with van der Waals surface area (Å²) in [6.07, 6.45) is 1.36. The molecule has 1 aromatic rings. The molecule has 16 heavy (non-hydrogen) atoms. The van der Waals surface area contributed by atoms with Gasteiger partial charge in [0.1, 0.15) is 5.82 Å². The van der Waals surface area contributed by atoms with E-state index in [1.54, 1.807) is 12.1 Å². The second-order valence-electron chi connectivity index (χ2n) is 3.85. The Bertz CT molecular complexity index is 380. The second kappa shape index (κ2) is 5.06. The Hall–Kier alpha value is -0.740. The zero-order valence-electron chi connectivity index (χ0n) is 8.71. The molecule has 0 unspecified atom stereocenters. The molecular formula is C12H12BrFO2. The zero-order chi connectivity index (χ0) is 11.5. The van der Waals surface area contributed by atoms with Crippen LogP contribution in [0.3, 0.4) is 0 Å². The predicted octanol–water partition coefficient (Wildman–Crippen LogP) is 3.20. The summed E-state index contributed by atoms with van der Waals surface area (Å²) < 4.78 is 19.3. The highest BCUT2D eigenvalue weighted by Gasteiger charge is 2.26. The maximum atomic E-state index is 13.6. The van der Waals surface area contributed by atoms with Crippen LogP contribution in [-0.2, 0) is 4.74 Å². The van der Waals surface area contributed by atoms with Crippen molar-refractivity contribution in [3.05, 3.63) is 34.1 Å². The lowest BCUT2D eigenvalue weighted by Crippen LogP contribution is -2.24. The summed E-state index contributed by atoms with van der Waals surface area (Å²) in [6.45, 7) is 1.17. The van der Waals surface area contributed by atoms with Gasteiger partial charge in [-0.15, -0.1) is 0 Å². The van der Waals surface area contributed by atoms with Gasteiger partial charge in [0.15, 0.2) is 5.78 Å². The molecule has 0 spiro atoms.